The minimum Gasteiger partial charge on any atom is -0.506 e. The Bertz CT molecular complexity index is 1230. The highest BCUT2D eigenvalue weighted by atomic mass is 127. The number of phenols is 1. The van der Waals surface area contributed by atoms with Crippen molar-refractivity contribution in [3.05, 3.63) is 43.4 Å². The number of phenolic OH excluding ortho intramolecular Hbond substituents is 1. The van der Waals surface area contributed by atoms with E-state index in [1.54, 1.807) is 22.6 Å². The van der Waals surface area contributed by atoms with Crippen molar-refractivity contribution in [1.29, 1.82) is 0 Å². The lowest BCUT2D eigenvalue weighted by Gasteiger charge is -2.19. The number of nitrogen functional groups attached to an aromatic ring is 1. The topological polar surface area (TPSA) is 236 Å². The lowest BCUT2D eigenvalue weighted by Crippen LogP contribution is -2.39. The van der Waals surface area contributed by atoms with Gasteiger partial charge < -0.3 is 42.9 Å². The Hall–Kier alpha value is -3.91. The number of hydrogen-bond donors (Lipinski definition) is 7. The fourth-order valence-electron chi connectivity index (χ4n) is 2.62. The fraction of sp³-hybridized carbons (Fsp3) is 0.167. The number of hydrogen-bond acceptors (Lipinski definition) is 8. The van der Waals surface area contributed by atoms with Crippen molar-refractivity contribution >= 4 is 75.4 Å². The number of carbonyl (C=O) groups is 3. The van der Waals surface area contributed by atoms with E-state index in [4.69, 9.17) is 35.4 Å². The summed E-state index contributed by atoms with van der Waals surface area (Å²) in [5.41, 5.74) is 15.9. The Kier molecular flexibility index (Phi) is 8.75. The summed E-state index contributed by atoms with van der Waals surface area (Å²) in [6.07, 6.45) is -0.567. The molecular weight excluding hydrogens is 585 g/mol. The molecule has 0 saturated carbocycles. The molecule has 2 aromatic rings. The highest BCUT2D eigenvalue weighted by Gasteiger charge is 2.24. The molecule has 0 saturated heterocycles. The molecule has 1 unspecified atom stereocenters. The zero-order chi connectivity index (χ0) is 25.6. The van der Waals surface area contributed by atoms with Crippen LogP contribution in [-0.2, 0) is 9.59 Å². The number of carbonyl (C=O) groups excluding carboxylic acids is 2. The molecule has 0 spiro atoms. The van der Waals surface area contributed by atoms with Gasteiger partial charge in [-0.05, 0) is 34.7 Å². The number of nitrogens with two attached hydrogens (primary N) is 3. The third kappa shape index (κ3) is 6.79. The number of nitrogens with zero attached hydrogens (tertiary/aromatic N) is 4. The Morgan fingerprint density at radius 2 is 1.97 bits per heavy atom. The highest BCUT2D eigenvalue weighted by molar-refractivity contribution is 14.1. The molecule has 1 heterocycles. The van der Waals surface area contributed by atoms with Crippen molar-refractivity contribution in [1.82, 2.24) is 20.6 Å². The molecule has 34 heavy (non-hydrogen) atoms. The molecule has 0 aliphatic carbocycles. The van der Waals surface area contributed by atoms with E-state index in [1.807, 2.05) is 0 Å². The number of aliphatic imine (C=N–C) groups is 1. The number of benzene rings is 1. The van der Waals surface area contributed by atoms with Gasteiger partial charge in [0.15, 0.2) is 17.5 Å². The van der Waals surface area contributed by atoms with Crippen LogP contribution >= 0.6 is 34.2 Å². The monoisotopic (exact) mass is 601 g/mol. The van der Waals surface area contributed by atoms with Gasteiger partial charge >= 0.3 is 11.8 Å². The second-order valence-electron chi connectivity index (χ2n) is 6.48. The average Bonchev–Trinajstić information content (AvgIpc) is 2.74. The van der Waals surface area contributed by atoms with Crippen molar-refractivity contribution < 1.29 is 24.6 Å². The highest BCUT2D eigenvalue weighted by Crippen LogP contribution is 2.34. The molecule has 1 aromatic heterocycles. The summed E-state index contributed by atoms with van der Waals surface area (Å²) in [5.74, 6) is -4.73. The molecule has 1 aromatic carbocycles. The molecule has 14 nitrogen and oxygen atoms in total. The summed E-state index contributed by atoms with van der Waals surface area (Å²) in [5, 5.41) is 24.4. The van der Waals surface area contributed by atoms with Crippen LogP contribution in [0.5, 0.6) is 5.75 Å². The first-order valence-corrected chi connectivity index (χ1v) is 10.5. The summed E-state index contributed by atoms with van der Waals surface area (Å²) in [6, 6.07) is 1.64. The molecule has 0 bridgehead atoms. The first-order valence-electron chi connectivity index (χ1n) is 9.04. The second kappa shape index (κ2) is 11.3. The van der Waals surface area contributed by atoms with Gasteiger partial charge in [-0.3, -0.25) is 14.4 Å². The van der Waals surface area contributed by atoms with Crippen molar-refractivity contribution in [2.75, 3.05) is 12.3 Å². The number of rotatable bonds is 8. The number of guanidine groups is 1. The number of aliphatic carboxylic acids is 1. The van der Waals surface area contributed by atoms with E-state index in [1.165, 1.54) is 12.1 Å². The Labute approximate surface area is 210 Å². The molecule has 16 heteroatoms. The van der Waals surface area contributed by atoms with Crippen molar-refractivity contribution in [2.45, 2.75) is 12.5 Å². The SMILES string of the molecule is [C-]#[N+]c1nc(N)c(C(=O)NCC(=O)NC(CC(=O)O)c2cc(Cl)cc(I)c2O)nc1N=C(N)N. The Morgan fingerprint density at radius 3 is 2.56 bits per heavy atom. The number of aromatic hydroxyl groups is 1. The van der Waals surface area contributed by atoms with Crippen molar-refractivity contribution in [3.8, 4) is 5.75 Å². The maximum atomic E-state index is 12.5. The van der Waals surface area contributed by atoms with Gasteiger partial charge in [0.1, 0.15) is 5.75 Å². The summed E-state index contributed by atoms with van der Waals surface area (Å²) in [7, 11) is 0. The Balaban J connectivity index is 2.20. The predicted octanol–water partition coefficient (Wildman–Crippen LogP) is 0.540. The van der Waals surface area contributed by atoms with E-state index in [2.05, 4.69) is 30.4 Å². The first kappa shape index (κ1) is 26.3. The normalized spacial score (nSPS) is 11.1. The van der Waals surface area contributed by atoms with E-state index < -0.39 is 54.3 Å². The third-order valence-electron chi connectivity index (χ3n) is 4.00. The van der Waals surface area contributed by atoms with Crippen LogP contribution in [0.2, 0.25) is 5.02 Å². The van der Waals surface area contributed by atoms with E-state index in [-0.39, 0.29) is 28.0 Å². The molecule has 0 radical (unpaired) electrons. The maximum absolute atomic E-state index is 12.5. The number of nitrogens with one attached hydrogen (secondary N) is 2. The zero-order valence-corrected chi connectivity index (χ0v) is 20.0. The number of carboxylic acid groups (broad SMARTS) is 1. The molecule has 0 fully saturated rings. The predicted molar refractivity (Wildman–Crippen MR) is 129 cm³/mol. The summed E-state index contributed by atoms with van der Waals surface area (Å²) in [6.45, 7) is 6.45. The van der Waals surface area contributed by atoms with Gasteiger partial charge in [-0.25, -0.2) is 9.98 Å². The van der Waals surface area contributed by atoms with Gasteiger partial charge in [0.2, 0.25) is 11.7 Å². The third-order valence-corrected chi connectivity index (χ3v) is 5.04. The van der Waals surface area contributed by atoms with Crippen LogP contribution < -0.4 is 27.8 Å². The summed E-state index contributed by atoms with van der Waals surface area (Å²) in [4.78, 5) is 50.4. The average molecular weight is 602 g/mol. The van der Waals surface area contributed by atoms with Crippen LogP contribution in [0.25, 0.3) is 4.85 Å². The van der Waals surface area contributed by atoms with Crippen LogP contribution in [0.15, 0.2) is 17.1 Å². The van der Waals surface area contributed by atoms with E-state index >= 15 is 0 Å². The van der Waals surface area contributed by atoms with E-state index in [0.29, 0.717) is 3.57 Å². The summed E-state index contributed by atoms with van der Waals surface area (Å²) >= 11 is 7.80. The molecule has 0 aliphatic rings. The van der Waals surface area contributed by atoms with E-state index in [9.17, 15) is 24.6 Å². The minimum absolute atomic E-state index is 0.0886. The lowest BCUT2D eigenvalue weighted by molar-refractivity contribution is -0.137. The number of carboxylic acids is 1. The van der Waals surface area contributed by atoms with Crippen LogP contribution in [0.4, 0.5) is 17.5 Å². The molecule has 2 amide bonds. The molecule has 1 atom stereocenters. The largest absolute Gasteiger partial charge is 0.506 e. The van der Waals surface area contributed by atoms with Crippen LogP contribution in [0.1, 0.15) is 28.5 Å². The minimum atomic E-state index is -1.25. The van der Waals surface area contributed by atoms with Crippen LogP contribution in [-0.4, -0.2) is 50.5 Å². The Morgan fingerprint density at radius 1 is 1.29 bits per heavy atom. The molecule has 0 aliphatic heterocycles. The van der Waals surface area contributed by atoms with Gasteiger partial charge in [-0.15, -0.1) is 0 Å². The van der Waals surface area contributed by atoms with Gasteiger partial charge in [-0.2, -0.15) is 0 Å². The number of halogens is 2. The quantitative estimate of drug-likeness (QED) is 0.0959. The molecular formula is C18H17ClIN9O5. The van der Waals surface area contributed by atoms with Gasteiger partial charge in [-0.1, -0.05) is 23.2 Å². The molecule has 178 valence electrons. The molecule has 2 rings (SSSR count). The number of amides is 2. The van der Waals surface area contributed by atoms with Crippen molar-refractivity contribution in [3.63, 3.8) is 0 Å². The smallest absolute Gasteiger partial charge is 0.316 e. The molecule has 10 N–H and O–H groups in total. The second-order valence-corrected chi connectivity index (χ2v) is 8.08. The number of aromatic nitrogens is 2. The summed E-state index contributed by atoms with van der Waals surface area (Å²) < 4.78 is 0.353. The number of anilines is 1. The zero-order valence-electron chi connectivity index (χ0n) is 17.0. The maximum Gasteiger partial charge on any atom is 0.316 e. The van der Waals surface area contributed by atoms with Crippen LogP contribution in [0.3, 0.4) is 0 Å². The van der Waals surface area contributed by atoms with E-state index in [0.717, 1.165) is 0 Å². The fourth-order valence-corrected chi connectivity index (χ4v) is 3.68. The van der Waals surface area contributed by atoms with Gasteiger partial charge in [0, 0.05) is 10.6 Å². The van der Waals surface area contributed by atoms with Gasteiger partial charge in [0.05, 0.1) is 22.6 Å². The van der Waals surface area contributed by atoms with Crippen LogP contribution in [0, 0.1) is 10.1 Å². The van der Waals surface area contributed by atoms with Gasteiger partial charge in [0.25, 0.3) is 5.91 Å². The van der Waals surface area contributed by atoms with Crippen molar-refractivity contribution in [2.24, 2.45) is 16.5 Å². The first-order chi connectivity index (χ1) is 15.9. The standard InChI is InChI=1S/C18H17ClIN9O5/c1-24-15-16(29-18(22)23)27-12(14(21)28-15)17(34)25-5-10(30)26-9(4-11(31)32)7-2-6(19)3-8(20)13(7)33/h2-3,9,33H,4-5H2,(H2,21,28)(H,25,34)(H,26,30)(H,31,32)(H4,22,23,27,29). The lowest BCUT2D eigenvalue weighted by atomic mass is 10.0.